The van der Waals surface area contributed by atoms with E-state index in [1.807, 2.05) is 91.0 Å². The molecule has 4 aromatic rings. The summed E-state index contributed by atoms with van der Waals surface area (Å²) in [5.74, 6) is 0.781. The maximum absolute atomic E-state index is 12.5. The van der Waals surface area contributed by atoms with Crippen LogP contribution in [0.15, 0.2) is 91.0 Å². The Morgan fingerprint density at radius 1 is 0.667 bits per heavy atom. The highest BCUT2D eigenvalue weighted by atomic mass is 16.1. The third kappa shape index (κ3) is 4.81. The molecule has 1 fully saturated rings. The Labute approximate surface area is 193 Å². The molecule has 164 valence electrons. The number of benzene rings is 3. The van der Waals surface area contributed by atoms with Gasteiger partial charge in [0, 0.05) is 42.9 Å². The number of hydrogen-bond acceptors (Lipinski definition) is 6. The van der Waals surface area contributed by atoms with E-state index >= 15 is 0 Å². The minimum Gasteiger partial charge on any atom is -0.337 e. The number of ketones is 1. The van der Waals surface area contributed by atoms with Crippen molar-refractivity contribution in [3.63, 3.8) is 0 Å². The highest BCUT2D eigenvalue weighted by molar-refractivity contribution is 5.97. The second-order valence-corrected chi connectivity index (χ2v) is 8.09. The summed E-state index contributed by atoms with van der Waals surface area (Å²) in [6.07, 6.45) is 0. The first-order chi connectivity index (χ1) is 16.3. The molecule has 0 spiro atoms. The van der Waals surface area contributed by atoms with Crippen molar-refractivity contribution in [3.8, 4) is 22.5 Å². The first kappa shape index (κ1) is 21.0. The van der Waals surface area contributed by atoms with Crippen LogP contribution in [0, 0.1) is 0 Å². The Bertz CT molecular complexity index is 1210. The van der Waals surface area contributed by atoms with Crippen LogP contribution in [0.3, 0.4) is 0 Å². The minimum absolute atomic E-state index is 0.153. The quantitative estimate of drug-likeness (QED) is 0.423. The van der Waals surface area contributed by atoms with Gasteiger partial charge in [-0.25, -0.2) is 4.98 Å². The van der Waals surface area contributed by atoms with Crippen LogP contribution in [-0.4, -0.2) is 58.6 Å². The van der Waals surface area contributed by atoms with Crippen LogP contribution in [0.4, 0.5) is 5.95 Å². The van der Waals surface area contributed by atoms with Crippen LogP contribution in [0.2, 0.25) is 0 Å². The van der Waals surface area contributed by atoms with Crippen LogP contribution in [-0.2, 0) is 0 Å². The van der Waals surface area contributed by atoms with Gasteiger partial charge in [0.2, 0.25) is 5.95 Å². The molecule has 0 unspecified atom stereocenters. The highest BCUT2D eigenvalue weighted by Gasteiger charge is 2.23. The maximum atomic E-state index is 12.5. The molecule has 0 N–H and O–H groups in total. The molecule has 0 amide bonds. The van der Waals surface area contributed by atoms with E-state index in [2.05, 4.69) is 20.0 Å². The number of rotatable bonds is 6. The SMILES string of the molecule is O=C(CN1CCN(c2nnc(-c3ccccc3)c(-c3ccccc3)n2)CC1)c1ccccc1. The Kier molecular flexibility index (Phi) is 6.17. The molecule has 3 aromatic carbocycles. The van der Waals surface area contributed by atoms with Crippen molar-refractivity contribution in [2.24, 2.45) is 0 Å². The number of Topliss-reactive ketones (excluding diaryl/α,β-unsaturated/α-hetero) is 1. The maximum Gasteiger partial charge on any atom is 0.246 e. The summed E-state index contributed by atoms with van der Waals surface area (Å²) in [7, 11) is 0. The second kappa shape index (κ2) is 9.71. The van der Waals surface area contributed by atoms with Crippen molar-refractivity contribution in [2.45, 2.75) is 0 Å². The van der Waals surface area contributed by atoms with Gasteiger partial charge in [0.25, 0.3) is 0 Å². The van der Waals surface area contributed by atoms with Crippen LogP contribution in [0.5, 0.6) is 0 Å². The molecular weight excluding hydrogens is 410 g/mol. The third-order valence-electron chi connectivity index (χ3n) is 5.89. The van der Waals surface area contributed by atoms with Crippen LogP contribution >= 0.6 is 0 Å². The van der Waals surface area contributed by atoms with Gasteiger partial charge in [-0.3, -0.25) is 9.69 Å². The van der Waals surface area contributed by atoms with Gasteiger partial charge in [-0.15, -0.1) is 10.2 Å². The molecule has 5 rings (SSSR count). The first-order valence-corrected chi connectivity index (χ1v) is 11.2. The number of nitrogens with zero attached hydrogens (tertiary/aromatic N) is 5. The summed E-state index contributed by atoms with van der Waals surface area (Å²) in [6.45, 7) is 3.50. The fourth-order valence-corrected chi connectivity index (χ4v) is 4.06. The van der Waals surface area contributed by atoms with Crippen molar-refractivity contribution >= 4 is 11.7 Å². The van der Waals surface area contributed by atoms with Crippen LogP contribution in [0.25, 0.3) is 22.5 Å². The lowest BCUT2D eigenvalue weighted by molar-refractivity contribution is 0.0926. The summed E-state index contributed by atoms with van der Waals surface area (Å²) < 4.78 is 0. The van der Waals surface area contributed by atoms with E-state index in [4.69, 9.17) is 4.98 Å². The smallest absolute Gasteiger partial charge is 0.246 e. The lowest BCUT2D eigenvalue weighted by Gasteiger charge is -2.34. The number of hydrogen-bond donors (Lipinski definition) is 0. The predicted octanol–water partition coefficient (Wildman–Crippen LogP) is 4.21. The van der Waals surface area contributed by atoms with Gasteiger partial charge in [-0.1, -0.05) is 91.0 Å². The summed E-state index contributed by atoms with van der Waals surface area (Å²) in [5.41, 5.74) is 4.37. The van der Waals surface area contributed by atoms with Gasteiger partial charge in [0.05, 0.1) is 6.54 Å². The number of carbonyl (C=O) groups is 1. The van der Waals surface area contributed by atoms with Crippen molar-refractivity contribution in [1.29, 1.82) is 0 Å². The minimum atomic E-state index is 0.153. The van der Waals surface area contributed by atoms with E-state index < -0.39 is 0 Å². The van der Waals surface area contributed by atoms with E-state index in [9.17, 15) is 4.79 Å². The average Bonchev–Trinajstić information content (AvgIpc) is 2.90. The Morgan fingerprint density at radius 2 is 1.21 bits per heavy atom. The molecule has 0 aliphatic carbocycles. The van der Waals surface area contributed by atoms with Gasteiger partial charge in [-0.2, -0.15) is 0 Å². The van der Waals surface area contributed by atoms with Gasteiger partial charge in [0.15, 0.2) is 5.78 Å². The zero-order valence-electron chi connectivity index (χ0n) is 18.3. The monoisotopic (exact) mass is 435 g/mol. The Hall–Kier alpha value is -3.90. The molecule has 0 radical (unpaired) electrons. The average molecular weight is 436 g/mol. The largest absolute Gasteiger partial charge is 0.337 e. The lowest BCUT2D eigenvalue weighted by Crippen LogP contribution is -2.48. The highest BCUT2D eigenvalue weighted by Crippen LogP contribution is 2.29. The Balaban J connectivity index is 1.34. The topological polar surface area (TPSA) is 62.2 Å². The molecule has 0 saturated carbocycles. The summed E-state index contributed by atoms with van der Waals surface area (Å²) in [4.78, 5) is 21.8. The fraction of sp³-hybridized carbons (Fsp3) is 0.185. The van der Waals surface area contributed by atoms with Crippen molar-refractivity contribution in [2.75, 3.05) is 37.6 Å². The van der Waals surface area contributed by atoms with Crippen molar-refractivity contribution in [1.82, 2.24) is 20.1 Å². The van der Waals surface area contributed by atoms with Gasteiger partial charge in [0.1, 0.15) is 11.4 Å². The molecule has 6 nitrogen and oxygen atoms in total. The zero-order valence-corrected chi connectivity index (χ0v) is 18.3. The Morgan fingerprint density at radius 3 is 1.82 bits per heavy atom. The van der Waals surface area contributed by atoms with Crippen molar-refractivity contribution < 1.29 is 4.79 Å². The molecular formula is C27H25N5O. The molecule has 0 bridgehead atoms. The molecule has 6 heteroatoms. The third-order valence-corrected chi connectivity index (χ3v) is 5.89. The normalized spacial score (nSPS) is 14.2. The van der Waals surface area contributed by atoms with E-state index in [1.165, 1.54) is 0 Å². The molecule has 1 aliphatic heterocycles. The van der Waals surface area contributed by atoms with Crippen LogP contribution < -0.4 is 4.90 Å². The molecule has 0 atom stereocenters. The van der Waals surface area contributed by atoms with Gasteiger partial charge >= 0.3 is 0 Å². The van der Waals surface area contributed by atoms with Gasteiger partial charge < -0.3 is 4.90 Å². The van der Waals surface area contributed by atoms with Crippen LogP contribution in [0.1, 0.15) is 10.4 Å². The fourth-order valence-electron chi connectivity index (χ4n) is 4.06. The summed E-state index contributed by atoms with van der Waals surface area (Å²) in [5, 5.41) is 9.06. The standard InChI is InChI=1S/C27H25N5O/c33-24(21-10-4-1-5-11-21)20-31-16-18-32(19-17-31)27-28-25(22-12-6-2-7-13-22)26(29-30-27)23-14-8-3-9-15-23/h1-15H,16-20H2. The zero-order chi connectivity index (χ0) is 22.5. The number of carbonyl (C=O) groups excluding carboxylic acids is 1. The summed E-state index contributed by atoms with van der Waals surface area (Å²) in [6, 6.07) is 29.6. The second-order valence-electron chi connectivity index (χ2n) is 8.09. The molecule has 1 aliphatic rings. The lowest BCUT2D eigenvalue weighted by atomic mass is 10.0. The van der Waals surface area contributed by atoms with Gasteiger partial charge in [-0.05, 0) is 0 Å². The molecule has 1 saturated heterocycles. The summed E-state index contributed by atoms with van der Waals surface area (Å²) >= 11 is 0. The predicted molar refractivity (Wildman–Crippen MR) is 130 cm³/mol. The first-order valence-electron chi connectivity index (χ1n) is 11.2. The van der Waals surface area contributed by atoms with E-state index in [0.717, 1.165) is 54.3 Å². The van der Waals surface area contributed by atoms with E-state index in [-0.39, 0.29) is 5.78 Å². The number of anilines is 1. The number of aromatic nitrogens is 3. The van der Waals surface area contributed by atoms with E-state index in [1.54, 1.807) is 0 Å². The molecule has 1 aromatic heterocycles. The van der Waals surface area contributed by atoms with Crippen molar-refractivity contribution in [3.05, 3.63) is 96.6 Å². The van der Waals surface area contributed by atoms with E-state index in [0.29, 0.717) is 12.5 Å². The number of piperazine rings is 1. The molecule has 2 heterocycles. The molecule has 33 heavy (non-hydrogen) atoms.